The first-order valence-electron chi connectivity index (χ1n) is 8.59. The summed E-state index contributed by atoms with van der Waals surface area (Å²) in [7, 11) is 0. The zero-order valence-corrected chi connectivity index (χ0v) is 16.1. The molecule has 0 saturated heterocycles. The van der Waals surface area contributed by atoms with E-state index in [-0.39, 0.29) is 24.5 Å². The average molecular weight is 417 g/mol. The van der Waals surface area contributed by atoms with Crippen molar-refractivity contribution in [3.63, 3.8) is 0 Å². The number of nitrogens with one attached hydrogen (secondary N) is 2. The molecule has 0 bridgehead atoms. The van der Waals surface area contributed by atoms with Gasteiger partial charge in [-0.05, 0) is 61.2 Å². The molecule has 0 aliphatic carbocycles. The quantitative estimate of drug-likeness (QED) is 0.757. The van der Waals surface area contributed by atoms with E-state index in [0.29, 0.717) is 18.6 Å². The van der Waals surface area contributed by atoms with Gasteiger partial charge in [0.25, 0.3) is 5.91 Å². The van der Waals surface area contributed by atoms with E-state index < -0.39 is 0 Å². The first-order valence-corrected chi connectivity index (χ1v) is 9.38. The number of carbonyl (C=O) groups is 2. The van der Waals surface area contributed by atoms with Gasteiger partial charge in [-0.3, -0.25) is 9.59 Å². The number of fused-ring (bicyclic) bond motifs is 1. The fourth-order valence-electron chi connectivity index (χ4n) is 2.94. The fourth-order valence-corrected chi connectivity index (χ4v) is 3.20. The van der Waals surface area contributed by atoms with Crippen molar-refractivity contribution in [3.05, 3.63) is 58.1 Å². The molecule has 0 fully saturated rings. The lowest BCUT2D eigenvalue weighted by atomic mass is 10.0. The van der Waals surface area contributed by atoms with E-state index in [1.54, 1.807) is 6.07 Å². The van der Waals surface area contributed by atoms with Crippen LogP contribution in [0.3, 0.4) is 0 Å². The fraction of sp³-hybridized carbons (Fsp3) is 0.300. The molecule has 1 aliphatic rings. The largest absolute Gasteiger partial charge is 0.484 e. The summed E-state index contributed by atoms with van der Waals surface area (Å²) in [5.74, 6) is 0.515. The van der Waals surface area contributed by atoms with Gasteiger partial charge in [0.1, 0.15) is 5.75 Å². The number of rotatable bonds is 6. The maximum Gasteiger partial charge on any atom is 0.258 e. The van der Waals surface area contributed by atoms with Crippen LogP contribution in [0.15, 0.2) is 46.9 Å². The number of carbonyl (C=O) groups excluding carboxylic acids is 2. The predicted octanol–water partition coefficient (Wildman–Crippen LogP) is 3.46. The van der Waals surface area contributed by atoms with Crippen LogP contribution in [0.25, 0.3) is 0 Å². The van der Waals surface area contributed by atoms with Crippen molar-refractivity contribution in [2.24, 2.45) is 0 Å². The van der Waals surface area contributed by atoms with Gasteiger partial charge in [0.15, 0.2) is 6.61 Å². The maximum atomic E-state index is 12.1. The van der Waals surface area contributed by atoms with Crippen molar-refractivity contribution < 1.29 is 14.3 Å². The van der Waals surface area contributed by atoms with Gasteiger partial charge < -0.3 is 15.4 Å². The first kappa shape index (κ1) is 18.5. The molecule has 3 rings (SSSR count). The molecule has 5 nitrogen and oxygen atoms in total. The number of aryl methyl sites for hydroxylation is 1. The molecule has 1 unspecified atom stereocenters. The second-order valence-corrected chi connectivity index (χ2v) is 7.37. The molecule has 2 aromatic carbocycles. The van der Waals surface area contributed by atoms with Gasteiger partial charge in [-0.1, -0.05) is 28.1 Å². The molecule has 136 valence electrons. The first-order chi connectivity index (χ1) is 12.5. The third-order valence-corrected chi connectivity index (χ3v) is 4.73. The molecule has 0 spiro atoms. The lowest BCUT2D eigenvalue weighted by molar-refractivity contribution is -0.123. The number of hydrogen-bond acceptors (Lipinski definition) is 3. The Hall–Kier alpha value is -2.34. The molecule has 2 amide bonds. The summed E-state index contributed by atoms with van der Waals surface area (Å²) in [6, 6.07) is 13.5. The van der Waals surface area contributed by atoms with Crippen molar-refractivity contribution in [2.75, 3.05) is 11.9 Å². The molecule has 1 atom stereocenters. The molecule has 1 aliphatic heterocycles. The van der Waals surface area contributed by atoms with Crippen LogP contribution in [0.4, 0.5) is 5.69 Å². The Morgan fingerprint density at radius 3 is 2.77 bits per heavy atom. The van der Waals surface area contributed by atoms with Gasteiger partial charge in [-0.25, -0.2) is 0 Å². The van der Waals surface area contributed by atoms with Gasteiger partial charge in [0.05, 0.1) is 0 Å². The second-order valence-electron chi connectivity index (χ2n) is 6.45. The minimum Gasteiger partial charge on any atom is -0.484 e. The minimum atomic E-state index is -0.152. The normalized spacial score (nSPS) is 14.2. The smallest absolute Gasteiger partial charge is 0.258 e. The Morgan fingerprint density at radius 2 is 2.00 bits per heavy atom. The zero-order chi connectivity index (χ0) is 18.5. The Balaban J connectivity index is 1.48. The van der Waals surface area contributed by atoms with E-state index >= 15 is 0 Å². The van der Waals surface area contributed by atoms with Gasteiger partial charge in [0, 0.05) is 22.6 Å². The van der Waals surface area contributed by atoms with E-state index in [9.17, 15) is 9.59 Å². The van der Waals surface area contributed by atoms with E-state index in [1.807, 2.05) is 43.3 Å². The third-order valence-electron chi connectivity index (χ3n) is 4.20. The van der Waals surface area contributed by atoms with Crippen molar-refractivity contribution in [2.45, 2.75) is 32.2 Å². The lowest BCUT2D eigenvalue weighted by Crippen LogP contribution is -2.37. The number of amides is 2. The van der Waals surface area contributed by atoms with E-state index in [0.717, 1.165) is 22.1 Å². The Bertz CT molecular complexity index is 805. The standard InChI is InChI=1S/C20H21BrN2O3/c1-13(10-14-2-5-16(21)6-3-14)22-20(25)12-26-17-7-8-18-15(11-17)4-9-19(24)23-18/h2-3,5-8,11,13H,4,9-10,12H2,1H3,(H,22,25)(H,23,24). The summed E-state index contributed by atoms with van der Waals surface area (Å²) in [5, 5.41) is 5.78. The maximum absolute atomic E-state index is 12.1. The van der Waals surface area contributed by atoms with Crippen LogP contribution in [0.1, 0.15) is 24.5 Å². The Kier molecular flexibility index (Phi) is 5.93. The van der Waals surface area contributed by atoms with Crippen molar-refractivity contribution in [1.82, 2.24) is 5.32 Å². The average Bonchev–Trinajstić information content (AvgIpc) is 2.62. The van der Waals surface area contributed by atoms with Crippen LogP contribution in [0.2, 0.25) is 0 Å². The molecule has 2 aromatic rings. The Labute approximate surface area is 161 Å². The van der Waals surface area contributed by atoms with Gasteiger partial charge >= 0.3 is 0 Å². The van der Waals surface area contributed by atoms with Gasteiger partial charge in [-0.2, -0.15) is 0 Å². The predicted molar refractivity (Wildman–Crippen MR) is 104 cm³/mol. The topological polar surface area (TPSA) is 67.4 Å². The molecular weight excluding hydrogens is 396 g/mol. The van der Waals surface area contributed by atoms with Crippen molar-refractivity contribution in [3.8, 4) is 5.75 Å². The number of hydrogen-bond donors (Lipinski definition) is 2. The van der Waals surface area contributed by atoms with Crippen LogP contribution in [-0.4, -0.2) is 24.5 Å². The van der Waals surface area contributed by atoms with Crippen LogP contribution < -0.4 is 15.4 Å². The second kappa shape index (κ2) is 8.36. The van der Waals surface area contributed by atoms with Gasteiger partial charge in [0.2, 0.25) is 5.91 Å². The summed E-state index contributed by atoms with van der Waals surface area (Å²) in [6.07, 6.45) is 1.93. The summed E-state index contributed by atoms with van der Waals surface area (Å²) in [4.78, 5) is 23.5. The van der Waals surface area contributed by atoms with E-state index in [1.165, 1.54) is 5.56 Å². The van der Waals surface area contributed by atoms with Crippen molar-refractivity contribution in [1.29, 1.82) is 0 Å². The highest BCUT2D eigenvalue weighted by atomic mass is 79.9. The summed E-state index contributed by atoms with van der Waals surface area (Å²) < 4.78 is 6.63. The number of ether oxygens (including phenoxy) is 1. The molecule has 0 aromatic heterocycles. The summed E-state index contributed by atoms with van der Waals surface area (Å²) in [6.45, 7) is 1.94. The summed E-state index contributed by atoms with van der Waals surface area (Å²) >= 11 is 3.41. The van der Waals surface area contributed by atoms with E-state index in [4.69, 9.17) is 4.74 Å². The van der Waals surface area contributed by atoms with Crippen LogP contribution in [0, 0.1) is 0 Å². The third kappa shape index (κ3) is 5.08. The molecule has 0 saturated carbocycles. The van der Waals surface area contributed by atoms with Crippen LogP contribution >= 0.6 is 15.9 Å². The molecular formula is C20H21BrN2O3. The Morgan fingerprint density at radius 1 is 1.23 bits per heavy atom. The SMILES string of the molecule is CC(Cc1ccc(Br)cc1)NC(=O)COc1ccc2c(c1)CCC(=O)N2. The molecule has 2 N–H and O–H groups in total. The van der Waals surface area contributed by atoms with Crippen molar-refractivity contribution >= 4 is 33.4 Å². The highest BCUT2D eigenvalue weighted by Crippen LogP contribution is 2.26. The lowest BCUT2D eigenvalue weighted by Gasteiger charge is -2.18. The minimum absolute atomic E-state index is 0.0195. The molecule has 26 heavy (non-hydrogen) atoms. The summed E-state index contributed by atoms with van der Waals surface area (Å²) in [5.41, 5.74) is 3.02. The number of halogens is 1. The van der Waals surface area contributed by atoms with E-state index in [2.05, 4.69) is 26.6 Å². The number of benzene rings is 2. The van der Waals surface area contributed by atoms with Crippen LogP contribution in [0.5, 0.6) is 5.75 Å². The highest BCUT2D eigenvalue weighted by Gasteiger charge is 2.15. The monoisotopic (exact) mass is 416 g/mol. The molecule has 6 heteroatoms. The number of anilines is 1. The van der Waals surface area contributed by atoms with Crippen LogP contribution in [-0.2, 0) is 22.4 Å². The zero-order valence-electron chi connectivity index (χ0n) is 14.5. The molecule has 0 radical (unpaired) electrons. The van der Waals surface area contributed by atoms with Gasteiger partial charge in [-0.15, -0.1) is 0 Å². The molecule has 1 heterocycles. The highest BCUT2D eigenvalue weighted by molar-refractivity contribution is 9.10.